The highest BCUT2D eigenvalue weighted by atomic mass is 32.1. The maximum atomic E-state index is 2.41. The predicted octanol–water partition coefficient (Wildman–Crippen LogP) is 16.4. The number of fused-ring (bicyclic) bond motifs is 6. The van der Waals surface area contributed by atoms with Crippen molar-refractivity contribution < 1.29 is 0 Å². The Kier molecular flexibility index (Phi) is 8.12. The van der Waals surface area contributed by atoms with Gasteiger partial charge in [0, 0.05) is 25.7 Å². The highest BCUT2D eigenvalue weighted by Crippen LogP contribution is 2.45. The minimum absolute atomic E-state index is 1.21. The number of hydrogen-bond donors (Lipinski definition) is 0. The van der Waals surface area contributed by atoms with Crippen LogP contribution in [0.4, 0.5) is 0 Å². The van der Waals surface area contributed by atoms with Crippen molar-refractivity contribution in [3.05, 3.63) is 218 Å². The van der Waals surface area contributed by atoms with Crippen LogP contribution in [0.5, 0.6) is 0 Å². The third-order valence-corrected chi connectivity index (χ3v) is 12.7. The van der Waals surface area contributed by atoms with Crippen LogP contribution in [0.15, 0.2) is 218 Å². The fourth-order valence-electron chi connectivity index (χ4n) is 8.53. The summed E-state index contributed by atoms with van der Waals surface area (Å²) in [7, 11) is 0. The van der Waals surface area contributed by atoms with Gasteiger partial charge in [0.05, 0.1) is 0 Å². The topological polar surface area (TPSA) is 0 Å². The third-order valence-electron chi connectivity index (χ3n) is 11.5. The average Bonchev–Trinajstić information content (AvgIpc) is 3.67. The summed E-state index contributed by atoms with van der Waals surface area (Å²) in [5.74, 6) is 0. The highest BCUT2D eigenvalue weighted by molar-refractivity contribution is 7.26. The summed E-state index contributed by atoms with van der Waals surface area (Å²) >= 11 is 1.89. The van der Waals surface area contributed by atoms with Gasteiger partial charge in [-0.1, -0.05) is 188 Å². The lowest BCUT2D eigenvalue weighted by atomic mass is 9.91. The van der Waals surface area contributed by atoms with Crippen LogP contribution in [0.2, 0.25) is 0 Å². The summed E-state index contributed by atoms with van der Waals surface area (Å²) in [6.45, 7) is 0. The standard InChI is InChI=1S/C56H36S/c1-3-11-37(12-4-1)39-19-23-41(24-20-39)45-31-32-55-53(33-45)54-36-47(42-25-21-40(22-26-42)38-13-5-2-6-14-38)35-52(56(54)57-55)44-29-27-43(28-30-44)51-34-46-15-7-8-16-48(46)49-17-9-10-18-50(49)51/h1-36H. The molecule has 266 valence electrons. The van der Waals surface area contributed by atoms with Crippen LogP contribution in [0.1, 0.15) is 0 Å². The fourth-order valence-corrected chi connectivity index (χ4v) is 9.73. The van der Waals surface area contributed by atoms with Gasteiger partial charge in [0.2, 0.25) is 0 Å². The first-order valence-electron chi connectivity index (χ1n) is 19.6. The van der Waals surface area contributed by atoms with Gasteiger partial charge in [-0.2, -0.15) is 0 Å². The van der Waals surface area contributed by atoms with E-state index in [1.807, 2.05) is 11.3 Å². The normalized spacial score (nSPS) is 11.5. The molecule has 0 atom stereocenters. The van der Waals surface area contributed by atoms with Crippen molar-refractivity contribution in [1.82, 2.24) is 0 Å². The van der Waals surface area contributed by atoms with E-state index >= 15 is 0 Å². The van der Waals surface area contributed by atoms with Crippen molar-refractivity contribution in [2.45, 2.75) is 0 Å². The molecule has 0 nitrogen and oxygen atoms in total. The van der Waals surface area contributed by atoms with Crippen LogP contribution >= 0.6 is 11.3 Å². The molecule has 0 saturated heterocycles. The molecule has 0 radical (unpaired) electrons. The largest absolute Gasteiger partial charge is 0.135 e. The molecule has 1 aromatic heterocycles. The Morgan fingerprint density at radius 1 is 0.228 bits per heavy atom. The third kappa shape index (κ3) is 6.01. The smallest absolute Gasteiger partial charge is 0.0434 e. The zero-order chi connectivity index (χ0) is 37.7. The zero-order valence-corrected chi connectivity index (χ0v) is 32.0. The van der Waals surface area contributed by atoms with E-state index in [4.69, 9.17) is 0 Å². The van der Waals surface area contributed by atoms with E-state index in [1.54, 1.807) is 0 Å². The molecule has 0 aliphatic carbocycles. The van der Waals surface area contributed by atoms with Crippen molar-refractivity contribution in [2.75, 3.05) is 0 Å². The van der Waals surface area contributed by atoms with Crippen molar-refractivity contribution in [1.29, 1.82) is 0 Å². The van der Waals surface area contributed by atoms with E-state index in [1.165, 1.54) is 108 Å². The Bertz CT molecular complexity index is 3230. The van der Waals surface area contributed by atoms with Crippen LogP contribution < -0.4 is 0 Å². The maximum Gasteiger partial charge on any atom is 0.0434 e. The molecule has 11 aromatic rings. The fraction of sp³-hybridized carbons (Fsp3) is 0. The van der Waals surface area contributed by atoms with Crippen molar-refractivity contribution in [3.8, 4) is 66.8 Å². The lowest BCUT2D eigenvalue weighted by molar-refractivity contribution is 1.60. The first-order chi connectivity index (χ1) is 28.2. The number of hydrogen-bond acceptors (Lipinski definition) is 1. The number of benzene rings is 10. The molecule has 0 bridgehead atoms. The Labute approximate surface area is 336 Å². The minimum Gasteiger partial charge on any atom is -0.135 e. The molecule has 1 heteroatoms. The van der Waals surface area contributed by atoms with Crippen molar-refractivity contribution in [3.63, 3.8) is 0 Å². The molecule has 11 rings (SSSR count). The summed E-state index contributed by atoms with van der Waals surface area (Å²) in [5, 5.41) is 7.72. The van der Waals surface area contributed by atoms with Gasteiger partial charge < -0.3 is 0 Å². The predicted molar refractivity (Wildman–Crippen MR) is 247 cm³/mol. The molecule has 0 saturated carbocycles. The molecule has 0 fully saturated rings. The molecule has 0 N–H and O–H groups in total. The van der Waals surface area contributed by atoms with E-state index in [9.17, 15) is 0 Å². The van der Waals surface area contributed by atoms with Gasteiger partial charge in [0.1, 0.15) is 0 Å². The molecular weight excluding hydrogens is 705 g/mol. The molecule has 0 spiro atoms. The molecule has 0 aliphatic heterocycles. The van der Waals surface area contributed by atoms with E-state index in [0.717, 1.165) is 0 Å². The molecule has 0 amide bonds. The average molecular weight is 741 g/mol. The second-order valence-electron chi connectivity index (χ2n) is 14.9. The van der Waals surface area contributed by atoms with Gasteiger partial charge in [0.25, 0.3) is 0 Å². The van der Waals surface area contributed by atoms with Crippen molar-refractivity contribution >= 4 is 53.1 Å². The SMILES string of the molecule is c1ccc(-c2ccc(-c3ccc4sc5c(-c6ccc(-c7cc8ccccc8c8ccccc78)cc6)cc(-c6ccc(-c7ccccc7)cc6)cc5c4c3)cc2)cc1. The Morgan fingerprint density at radius 3 is 1.30 bits per heavy atom. The van der Waals surface area contributed by atoms with Crippen LogP contribution in [-0.4, -0.2) is 0 Å². The van der Waals surface area contributed by atoms with Gasteiger partial charge in [0.15, 0.2) is 0 Å². The summed E-state index contributed by atoms with van der Waals surface area (Å²) in [6.07, 6.45) is 0. The summed E-state index contributed by atoms with van der Waals surface area (Å²) in [6, 6.07) is 80.2. The Morgan fingerprint density at radius 2 is 0.667 bits per heavy atom. The van der Waals surface area contributed by atoms with E-state index in [0.29, 0.717) is 0 Å². The zero-order valence-electron chi connectivity index (χ0n) is 31.2. The van der Waals surface area contributed by atoms with Crippen molar-refractivity contribution in [2.24, 2.45) is 0 Å². The van der Waals surface area contributed by atoms with Gasteiger partial charge in [-0.15, -0.1) is 11.3 Å². The number of thiophene rings is 1. The minimum atomic E-state index is 1.21. The highest BCUT2D eigenvalue weighted by Gasteiger charge is 2.16. The first kappa shape index (κ1) is 33.3. The maximum absolute atomic E-state index is 2.41. The Hall–Kier alpha value is -7.06. The number of rotatable bonds is 6. The molecular formula is C56H36S. The molecule has 1 heterocycles. The molecule has 57 heavy (non-hydrogen) atoms. The van der Waals surface area contributed by atoms with Crippen LogP contribution in [0.3, 0.4) is 0 Å². The Balaban J connectivity index is 1.05. The van der Waals surface area contributed by atoms with Gasteiger partial charge >= 0.3 is 0 Å². The van der Waals surface area contributed by atoms with Gasteiger partial charge in [-0.25, -0.2) is 0 Å². The molecule has 0 aliphatic rings. The summed E-state index contributed by atoms with van der Waals surface area (Å²) in [5.41, 5.74) is 14.8. The summed E-state index contributed by atoms with van der Waals surface area (Å²) in [4.78, 5) is 0. The van der Waals surface area contributed by atoms with Crippen LogP contribution in [-0.2, 0) is 0 Å². The molecule has 0 unspecified atom stereocenters. The molecule has 10 aromatic carbocycles. The van der Waals surface area contributed by atoms with E-state index in [-0.39, 0.29) is 0 Å². The lowest BCUT2D eigenvalue weighted by Crippen LogP contribution is -1.87. The second-order valence-corrected chi connectivity index (χ2v) is 15.9. The van der Waals surface area contributed by atoms with Crippen LogP contribution in [0, 0.1) is 0 Å². The monoisotopic (exact) mass is 740 g/mol. The first-order valence-corrected chi connectivity index (χ1v) is 20.4. The second kappa shape index (κ2) is 13.9. The lowest BCUT2D eigenvalue weighted by Gasteiger charge is -2.13. The van der Waals surface area contributed by atoms with Crippen LogP contribution in [0.25, 0.3) is 108 Å². The van der Waals surface area contributed by atoms with Gasteiger partial charge in [-0.3, -0.25) is 0 Å². The quantitative estimate of drug-likeness (QED) is 0.149. The summed E-state index contributed by atoms with van der Waals surface area (Å²) < 4.78 is 2.61. The van der Waals surface area contributed by atoms with E-state index in [2.05, 4.69) is 218 Å². The van der Waals surface area contributed by atoms with Gasteiger partial charge in [-0.05, 0) is 113 Å². The van der Waals surface area contributed by atoms with E-state index < -0.39 is 0 Å².